The molecule has 1 aliphatic rings. The second kappa shape index (κ2) is 7.25. The van der Waals surface area contributed by atoms with E-state index >= 15 is 0 Å². The maximum Gasteiger partial charge on any atom is 0.339 e. The summed E-state index contributed by atoms with van der Waals surface area (Å²) in [6.45, 7) is 0. The van der Waals surface area contributed by atoms with E-state index in [1.54, 1.807) is 30.1 Å². The predicted molar refractivity (Wildman–Crippen MR) is 82.4 cm³/mol. The Labute approximate surface area is 126 Å². The molecule has 0 saturated heterocycles. The van der Waals surface area contributed by atoms with Crippen LogP contribution in [0.2, 0.25) is 0 Å². The number of para-hydroxylation sites is 1. The van der Waals surface area contributed by atoms with Gasteiger partial charge in [0.15, 0.2) is 0 Å². The number of nitrogens with zero attached hydrogens (tertiary/aromatic N) is 1. The van der Waals surface area contributed by atoms with E-state index in [9.17, 15) is 9.59 Å². The van der Waals surface area contributed by atoms with Crippen molar-refractivity contribution in [3.63, 3.8) is 0 Å². The van der Waals surface area contributed by atoms with Gasteiger partial charge in [-0.15, -0.1) is 0 Å². The number of carbonyl (C=O) groups is 2. The van der Waals surface area contributed by atoms with Crippen LogP contribution < -0.4 is 4.90 Å². The summed E-state index contributed by atoms with van der Waals surface area (Å²) < 4.78 is 4.80. The van der Waals surface area contributed by atoms with Gasteiger partial charge >= 0.3 is 5.97 Å². The summed E-state index contributed by atoms with van der Waals surface area (Å²) in [4.78, 5) is 26.1. The van der Waals surface area contributed by atoms with Gasteiger partial charge in [-0.1, -0.05) is 37.8 Å². The lowest BCUT2D eigenvalue weighted by atomic mass is 9.98. The number of amides is 1. The molecule has 1 amide bonds. The third-order valence-electron chi connectivity index (χ3n) is 4.21. The van der Waals surface area contributed by atoms with Crippen LogP contribution in [-0.2, 0) is 9.53 Å². The van der Waals surface area contributed by atoms with E-state index in [0.717, 1.165) is 25.7 Å². The zero-order chi connectivity index (χ0) is 15.2. The van der Waals surface area contributed by atoms with Crippen LogP contribution in [0, 0.1) is 5.92 Å². The molecule has 0 unspecified atom stereocenters. The number of rotatable bonds is 3. The van der Waals surface area contributed by atoms with Gasteiger partial charge in [-0.25, -0.2) is 4.79 Å². The lowest BCUT2D eigenvalue weighted by Crippen LogP contribution is -2.33. The zero-order valence-electron chi connectivity index (χ0n) is 12.8. The van der Waals surface area contributed by atoms with Crippen molar-refractivity contribution in [1.82, 2.24) is 0 Å². The van der Waals surface area contributed by atoms with Crippen molar-refractivity contribution in [3.05, 3.63) is 29.8 Å². The Balaban J connectivity index is 2.20. The fraction of sp³-hybridized carbons (Fsp3) is 0.529. The molecule has 2 rings (SSSR count). The highest BCUT2D eigenvalue weighted by Gasteiger charge is 2.26. The van der Waals surface area contributed by atoms with E-state index in [1.807, 2.05) is 6.07 Å². The summed E-state index contributed by atoms with van der Waals surface area (Å²) in [5.41, 5.74) is 1.06. The van der Waals surface area contributed by atoms with Gasteiger partial charge in [0.05, 0.1) is 18.4 Å². The van der Waals surface area contributed by atoms with Crippen molar-refractivity contribution in [2.75, 3.05) is 19.1 Å². The highest BCUT2D eigenvalue weighted by Crippen LogP contribution is 2.27. The number of hydrogen-bond donors (Lipinski definition) is 0. The molecule has 1 aromatic rings. The van der Waals surface area contributed by atoms with Crippen LogP contribution in [0.5, 0.6) is 0 Å². The summed E-state index contributed by atoms with van der Waals surface area (Å²) in [6.07, 6.45) is 6.55. The number of ether oxygens (including phenoxy) is 1. The Bertz CT molecular complexity index is 505. The van der Waals surface area contributed by atoms with E-state index in [2.05, 4.69) is 0 Å². The summed E-state index contributed by atoms with van der Waals surface area (Å²) in [7, 11) is 3.10. The number of benzene rings is 1. The molecule has 0 atom stereocenters. The highest BCUT2D eigenvalue weighted by atomic mass is 16.5. The maximum atomic E-state index is 12.7. The Morgan fingerprint density at radius 3 is 2.33 bits per heavy atom. The number of hydrogen-bond acceptors (Lipinski definition) is 3. The first-order chi connectivity index (χ1) is 10.1. The minimum atomic E-state index is -0.411. The van der Waals surface area contributed by atoms with Crippen LogP contribution >= 0.6 is 0 Å². The Morgan fingerprint density at radius 1 is 1.10 bits per heavy atom. The van der Waals surface area contributed by atoms with E-state index in [0.29, 0.717) is 11.3 Å². The molecule has 4 heteroatoms. The molecule has 1 saturated carbocycles. The topological polar surface area (TPSA) is 46.6 Å². The van der Waals surface area contributed by atoms with Crippen molar-refractivity contribution in [2.45, 2.75) is 38.5 Å². The molecular formula is C17H23NO3. The normalized spacial score (nSPS) is 16.1. The second-order valence-electron chi connectivity index (χ2n) is 5.59. The predicted octanol–water partition coefficient (Wildman–Crippen LogP) is 3.41. The molecule has 0 N–H and O–H groups in total. The smallest absolute Gasteiger partial charge is 0.339 e. The summed E-state index contributed by atoms with van der Waals surface area (Å²) >= 11 is 0. The SMILES string of the molecule is COC(=O)c1ccccc1N(C)C(=O)C1CCCCCC1. The number of esters is 1. The van der Waals surface area contributed by atoms with Crippen LogP contribution in [0.25, 0.3) is 0 Å². The van der Waals surface area contributed by atoms with E-state index < -0.39 is 5.97 Å². The molecule has 21 heavy (non-hydrogen) atoms. The van der Waals surface area contributed by atoms with Crippen LogP contribution in [0.1, 0.15) is 48.9 Å². The van der Waals surface area contributed by atoms with E-state index in [4.69, 9.17) is 4.74 Å². The molecule has 1 aromatic carbocycles. The molecule has 0 spiro atoms. The van der Waals surface area contributed by atoms with Crippen molar-refractivity contribution in [3.8, 4) is 0 Å². The number of carbonyl (C=O) groups excluding carboxylic acids is 2. The van der Waals surface area contributed by atoms with Crippen LogP contribution in [-0.4, -0.2) is 26.0 Å². The van der Waals surface area contributed by atoms with Gasteiger partial charge in [-0.05, 0) is 25.0 Å². The van der Waals surface area contributed by atoms with Crippen LogP contribution in [0.15, 0.2) is 24.3 Å². The largest absolute Gasteiger partial charge is 0.465 e. The molecule has 0 bridgehead atoms. The summed E-state index contributed by atoms with van der Waals surface area (Å²) in [5, 5.41) is 0. The third kappa shape index (κ3) is 3.63. The Morgan fingerprint density at radius 2 is 1.71 bits per heavy atom. The molecule has 0 heterocycles. The lowest BCUT2D eigenvalue weighted by molar-refractivity contribution is -0.122. The Hall–Kier alpha value is -1.84. The van der Waals surface area contributed by atoms with Gasteiger partial charge in [-0.2, -0.15) is 0 Å². The van der Waals surface area contributed by atoms with E-state index in [-0.39, 0.29) is 11.8 Å². The van der Waals surface area contributed by atoms with Crippen molar-refractivity contribution >= 4 is 17.6 Å². The standard InChI is InChI=1S/C17H23NO3/c1-18(16(19)13-9-5-3-4-6-10-13)15-12-8-7-11-14(15)17(20)21-2/h7-8,11-13H,3-6,9-10H2,1-2H3. The molecule has 1 fully saturated rings. The van der Waals surface area contributed by atoms with Gasteiger partial charge in [0, 0.05) is 13.0 Å². The van der Waals surface area contributed by atoms with Crippen molar-refractivity contribution in [2.24, 2.45) is 5.92 Å². The lowest BCUT2D eigenvalue weighted by Gasteiger charge is -2.24. The molecule has 0 aliphatic heterocycles. The second-order valence-corrected chi connectivity index (χ2v) is 5.59. The molecule has 0 radical (unpaired) electrons. The van der Waals surface area contributed by atoms with Gasteiger partial charge < -0.3 is 9.64 Å². The molecule has 1 aliphatic carbocycles. The quantitative estimate of drug-likeness (QED) is 0.633. The first kappa shape index (κ1) is 15.5. The Kier molecular flexibility index (Phi) is 5.37. The van der Waals surface area contributed by atoms with Crippen LogP contribution in [0.3, 0.4) is 0 Å². The fourth-order valence-corrected chi connectivity index (χ4v) is 2.97. The molecule has 114 valence electrons. The minimum Gasteiger partial charge on any atom is -0.465 e. The zero-order valence-corrected chi connectivity index (χ0v) is 12.8. The molecule has 4 nitrogen and oxygen atoms in total. The van der Waals surface area contributed by atoms with Crippen LogP contribution in [0.4, 0.5) is 5.69 Å². The third-order valence-corrected chi connectivity index (χ3v) is 4.21. The highest BCUT2D eigenvalue weighted by molar-refractivity contribution is 6.02. The summed E-state index contributed by atoms with van der Waals surface area (Å²) in [5.74, 6) is -0.234. The van der Waals surface area contributed by atoms with Crippen molar-refractivity contribution in [1.29, 1.82) is 0 Å². The average molecular weight is 289 g/mol. The van der Waals surface area contributed by atoms with Crippen molar-refractivity contribution < 1.29 is 14.3 Å². The average Bonchev–Trinajstić information content (AvgIpc) is 2.82. The molecular weight excluding hydrogens is 266 g/mol. The number of anilines is 1. The maximum absolute atomic E-state index is 12.7. The molecule has 0 aromatic heterocycles. The fourth-order valence-electron chi connectivity index (χ4n) is 2.97. The van der Waals surface area contributed by atoms with Gasteiger partial charge in [0.25, 0.3) is 0 Å². The summed E-state index contributed by atoms with van der Waals surface area (Å²) in [6, 6.07) is 7.09. The first-order valence-electron chi connectivity index (χ1n) is 7.60. The monoisotopic (exact) mass is 289 g/mol. The minimum absolute atomic E-state index is 0.0724. The van der Waals surface area contributed by atoms with Gasteiger partial charge in [0.2, 0.25) is 5.91 Å². The first-order valence-corrected chi connectivity index (χ1v) is 7.60. The van der Waals surface area contributed by atoms with Gasteiger partial charge in [-0.3, -0.25) is 4.79 Å². The number of methoxy groups -OCH3 is 1. The van der Waals surface area contributed by atoms with E-state index in [1.165, 1.54) is 20.0 Å². The van der Waals surface area contributed by atoms with Gasteiger partial charge in [0.1, 0.15) is 0 Å².